The number of nitrogens with one attached hydrogen (secondary N) is 2. The summed E-state index contributed by atoms with van der Waals surface area (Å²) in [4.78, 5) is 22.4. The number of carbonyl (C=O) groups is 2. The third-order valence-electron chi connectivity index (χ3n) is 2.58. The fourth-order valence-corrected chi connectivity index (χ4v) is 2.20. The largest absolute Gasteiger partial charge is 0.381 e. The smallest absolute Gasteiger partial charge is 0.268 e. The lowest BCUT2D eigenvalue weighted by Gasteiger charge is -2.08. The summed E-state index contributed by atoms with van der Waals surface area (Å²) in [5.74, 6) is -1.60. The summed E-state index contributed by atoms with van der Waals surface area (Å²) in [6, 6.07) is 1.18. The Hall–Kier alpha value is -1.91. The van der Waals surface area contributed by atoms with Crippen LogP contribution in [0.5, 0.6) is 0 Å². The predicted molar refractivity (Wildman–Crippen MR) is 69.2 cm³/mol. The van der Waals surface area contributed by atoms with E-state index in [0.717, 1.165) is 0 Å². The fraction of sp³-hybridized carbons (Fsp3) is 0.400. The molecule has 0 radical (unpaired) electrons. The van der Waals surface area contributed by atoms with Gasteiger partial charge in [0.05, 0.1) is 6.54 Å². The van der Waals surface area contributed by atoms with E-state index in [1.807, 2.05) is 0 Å². The summed E-state index contributed by atoms with van der Waals surface area (Å²) >= 11 is 0. The molecule has 0 bridgehead atoms. The number of amides is 2. The highest BCUT2D eigenvalue weighted by atomic mass is 32.2. The number of aliphatic hydroxyl groups excluding tert-OH is 1. The molecular formula is C10H16N4O5S. The van der Waals surface area contributed by atoms with Gasteiger partial charge in [0.2, 0.25) is 15.9 Å². The number of aliphatic hydroxyl groups is 1. The van der Waals surface area contributed by atoms with Gasteiger partial charge < -0.3 is 20.7 Å². The number of nitrogens with zero attached hydrogens (tertiary/aromatic N) is 1. The van der Waals surface area contributed by atoms with Crippen LogP contribution in [0, 0.1) is 0 Å². The summed E-state index contributed by atoms with van der Waals surface area (Å²) in [6.07, 6.45) is -0.231. The van der Waals surface area contributed by atoms with E-state index in [2.05, 4.69) is 10.0 Å². The molecule has 0 fully saturated rings. The molecule has 0 aromatic carbocycles. The van der Waals surface area contributed by atoms with Gasteiger partial charge in [-0.05, 0) is 13.1 Å². The molecule has 2 amide bonds. The van der Waals surface area contributed by atoms with E-state index in [0.29, 0.717) is 0 Å². The zero-order chi connectivity index (χ0) is 15.5. The van der Waals surface area contributed by atoms with Crippen LogP contribution in [-0.4, -0.2) is 49.6 Å². The van der Waals surface area contributed by atoms with E-state index in [-0.39, 0.29) is 17.1 Å². The SMILES string of the molecule is CNS(=O)(=O)c1cc(C(=O)NCC(O)C(N)=O)n(C)c1. The van der Waals surface area contributed by atoms with Crippen molar-refractivity contribution in [3.05, 3.63) is 18.0 Å². The van der Waals surface area contributed by atoms with Gasteiger partial charge in [0.15, 0.2) is 0 Å². The molecule has 9 nitrogen and oxygen atoms in total. The highest BCUT2D eigenvalue weighted by Crippen LogP contribution is 2.12. The van der Waals surface area contributed by atoms with Gasteiger partial charge in [-0.25, -0.2) is 13.1 Å². The van der Waals surface area contributed by atoms with Crippen molar-refractivity contribution in [2.24, 2.45) is 12.8 Å². The molecule has 1 rings (SSSR count). The fourth-order valence-electron chi connectivity index (χ4n) is 1.41. The Morgan fingerprint density at radius 1 is 1.50 bits per heavy atom. The van der Waals surface area contributed by atoms with Gasteiger partial charge in [-0.15, -0.1) is 0 Å². The minimum Gasteiger partial charge on any atom is -0.381 e. The molecule has 0 saturated heterocycles. The molecule has 0 aliphatic rings. The average molecular weight is 304 g/mol. The van der Waals surface area contributed by atoms with Gasteiger partial charge in [0.1, 0.15) is 16.7 Å². The van der Waals surface area contributed by atoms with Crippen molar-refractivity contribution in [3.63, 3.8) is 0 Å². The Kier molecular flexibility index (Phi) is 4.87. The zero-order valence-electron chi connectivity index (χ0n) is 11.0. The summed E-state index contributed by atoms with van der Waals surface area (Å²) in [5, 5.41) is 11.4. The zero-order valence-corrected chi connectivity index (χ0v) is 11.8. The van der Waals surface area contributed by atoms with Crippen molar-refractivity contribution in [1.29, 1.82) is 0 Å². The second-order valence-corrected chi connectivity index (χ2v) is 5.89. The second-order valence-electron chi connectivity index (χ2n) is 4.01. The van der Waals surface area contributed by atoms with Gasteiger partial charge in [-0.1, -0.05) is 0 Å². The Bertz CT molecular complexity index is 622. The number of sulfonamides is 1. The number of rotatable bonds is 6. The van der Waals surface area contributed by atoms with E-state index in [9.17, 15) is 18.0 Å². The normalized spacial score (nSPS) is 12.9. The van der Waals surface area contributed by atoms with Crippen LogP contribution in [0.3, 0.4) is 0 Å². The molecule has 5 N–H and O–H groups in total. The maximum atomic E-state index is 11.8. The van der Waals surface area contributed by atoms with Gasteiger partial charge >= 0.3 is 0 Å². The molecule has 20 heavy (non-hydrogen) atoms. The molecule has 10 heteroatoms. The lowest BCUT2D eigenvalue weighted by Crippen LogP contribution is -2.40. The van der Waals surface area contributed by atoms with Crippen molar-refractivity contribution < 1.29 is 23.1 Å². The maximum absolute atomic E-state index is 11.8. The van der Waals surface area contributed by atoms with Crippen molar-refractivity contribution in [3.8, 4) is 0 Å². The van der Waals surface area contributed by atoms with Gasteiger partial charge in [0.25, 0.3) is 5.91 Å². The van der Waals surface area contributed by atoms with Crippen LogP contribution in [0.25, 0.3) is 0 Å². The molecule has 0 saturated carbocycles. The molecule has 1 aromatic heterocycles. The molecular weight excluding hydrogens is 288 g/mol. The lowest BCUT2D eigenvalue weighted by atomic mass is 10.3. The molecule has 1 atom stereocenters. The van der Waals surface area contributed by atoms with E-state index in [1.54, 1.807) is 0 Å². The summed E-state index contributed by atoms with van der Waals surface area (Å²) < 4.78 is 26.6. The standard InChI is InChI=1S/C10H16N4O5S/c1-12-20(18,19)6-3-7(14(2)5-6)10(17)13-4-8(15)9(11)16/h3,5,8,12,15H,4H2,1-2H3,(H2,11,16)(H,13,17). The average Bonchev–Trinajstić information content (AvgIpc) is 2.78. The Balaban J connectivity index is 2.88. The van der Waals surface area contributed by atoms with E-state index >= 15 is 0 Å². The number of hydrogen-bond acceptors (Lipinski definition) is 5. The first-order valence-corrected chi connectivity index (χ1v) is 7.03. The van der Waals surface area contributed by atoms with Gasteiger partial charge in [-0.2, -0.15) is 0 Å². The van der Waals surface area contributed by atoms with Crippen LogP contribution in [0.1, 0.15) is 10.5 Å². The molecule has 112 valence electrons. The number of aromatic nitrogens is 1. The highest BCUT2D eigenvalue weighted by Gasteiger charge is 2.20. The monoisotopic (exact) mass is 304 g/mol. The van der Waals surface area contributed by atoms with Crippen LogP contribution < -0.4 is 15.8 Å². The quantitative estimate of drug-likeness (QED) is 0.459. The van der Waals surface area contributed by atoms with Crippen molar-refractivity contribution in [2.45, 2.75) is 11.0 Å². The van der Waals surface area contributed by atoms with E-state index in [1.165, 1.54) is 30.9 Å². The minimum absolute atomic E-state index is 0.0653. The molecule has 0 aliphatic carbocycles. The predicted octanol–water partition coefficient (Wildman–Crippen LogP) is -2.49. The number of nitrogens with two attached hydrogens (primary N) is 1. The van der Waals surface area contributed by atoms with Gasteiger partial charge in [0, 0.05) is 13.2 Å². The molecule has 1 heterocycles. The van der Waals surface area contributed by atoms with E-state index in [4.69, 9.17) is 10.8 Å². The van der Waals surface area contributed by atoms with Gasteiger partial charge in [-0.3, -0.25) is 9.59 Å². The van der Waals surface area contributed by atoms with Crippen molar-refractivity contribution in [2.75, 3.05) is 13.6 Å². The lowest BCUT2D eigenvalue weighted by molar-refractivity contribution is -0.125. The number of aryl methyl sites for hydroxylation is 1. The topological polar surface area (TPSA) is 144 Å². The maximum Gasteiger partial charge on any atom is 0.268 e. The van der Waals surface area contributed by atoms with Crippen molar-refractivity contribution >= 4 is 21.8 Å². The third-order valence-corrected chi connectivity index (χ3v) is 3.96. The second kappa shape index (κ2) is 6.03. The van der Waals surface area contributed by atoms with Crippen LogP contribution in [0.2, 0.25) is 0 Å². The van der Waals surface area contributed by atoms with E-state index < -0.39 is 27.9 Å². The number of hydrogen-bond donors (Lipinski definition) is 4. The Morgan fingerprint density at radius 3 is 2.60 bits per heavy atom. The Morgan fingerprint density at radius 2 is 2.10 bits per heavy atom. The van der Waals surface area contributed by atoms with Crippen LogP contribution >= 0.6 is 0 Å². The molecule has 0 aliphatic heterocycles. The molecule has 1 aromatic rings. The highest BCUT2D eigenvalue weighted by molar-refractivity contribution is 7.89. The first-order valence-electron chi connectivity index (χ1n) is 5.54. The number of primary amides is 1. The minimum atomic E-state index is -3.65. The summed E-state index contributed by atoms with van der Waals surface area (Å²) in [6.45, 7) is -0.354. The Labute approximate surface area is 115 Å². The van der Waals surface area contributed by atoms with Crippen molar-refractivity contribution in [1.82, 2.24) is 14.6 Å². The van der Waals surface area contributed by atoms with Crippen LogP contribution in [-0.2, 0) is 21.9 Å². The first-order chi connectivity index (χ1) is 9.19. The first kappa shape index (κ1) is 16.1. The number of carbonyl (C=O) groups excluding carboxylic acids is 2. The molecule has 1 unspecified atom stereocenters. The summed E-state index contributed by atoms with van der Waals surface area (Å²) in [7, 11) is -0.903. The third kappa shape index (κ3) is 3.56. The van der Waals surface area contributed by atoms with Crippen LogP contribution in [0.4, 0.5) is 0 Å². The molecule has 0 spiro atoms. The van der Waals surface area contributed by atoms with Crippen LogP contribution in [0.15, 0.2) is 17.2 Å². The summed E-state index contributed by atoms with van der Waals surface area (Å²) in [5.41, 5.74) is 4.90.